The molecule has 1 aromatic rings. The number of alkyl carbamates (subject to hydrolysis) is 1. The smallest absolute Gasteiger partial charge is 0.409 e. The van der Waals surface area contributed by atoms with E-state index >= 15 is 0 Å². The SMILES string of the molecule is Cc1ccc2c(c1)[C@](C#N)(NC(=O)OC(C)(C)C)C(=O)N2C. The summed E-state index contributed by atoms with van der Waals surface area (Å²) < 4.78 is 5.18. The first-order valence-electron chi connectivity index (χ1n) is 6.92. The topological polar surface area (TPSA) is 82.4 Å². The summed E-state index contributed by atoms with van der Waals surface area (Å²) in [6, 6.07) is 7.30. The van der Waals surface area contributed by atoms with Gasteiger partial charge in [-0.25, -0.2) is 4.79 Å². The normalized spacial score (nSPS) is 20.4. The first-order valence-corrected chi connectivity index (χ1v) is 6.92. The Balaban J connectivity index is 2.47. The van der Waals surface area contributed by atoms with Gasteiger partial charge in [0, 0.05) is 12.6 Å². The third kappa shape index (κ3) is 2.50. The van der Waals surface area contributed by atoms with Gasteiger partial charge in [0.25, 0.3) is 5.91 Å². The number of hydrogen-bond acceptors (Lipinski definition) is 4. The minimum Gasteiger partial charge on any atom is -0.444 e. The van der Waals surface area contributed by atoms with Crippen molar-refractivity contribution in [2.24, 2.45) is 0 Å². The van der Waals surface area contributed by atoms with E-state index in [1.807, 2.05) is 19.1 Å². The van der Waals surface area contributed by atoms with Crippen LogP contribution in [0.5, 0.6) is 0 Å². The number of rotatable bonds is 1. The average molecular weight is 301 g/mol. The van der Waals surface area contributed by atoms with Gasteiger partial charge in [0.05, 0.1) is 5.69 Å². The number of ether oxygens (including phenoxy) is 1. The molecule has 0 bridgehead atoms. The van der Waals surface area contributed by atoms with Crippen molar-refractivity contribution in [1.82, 2.24) is 5.32 Å². The third-order valence-corrected chi connectivity index (χ3v) is 3.40. The van der Waals surface area contributed by atoms with Crippen molar-refractivity contribution in [3.63, 3.8) is 0 Å². The summed E-state index contributed by atoms with van der Waals surface area (Å²) in [7, 11) is 1.58. The van der Waals surface area contributed by atoms with E-state index in [0.717, 1.165) is 5.56 Å². The summed E-state index contributed by atoms with van der Waals surface area (Å²) >= 11 is 0. The molecule has 1 heterocycles. The number of fused-ring (bicyclic) bond motifs is 1. The van der Waals surface area contributed by atoms with E-state index in [-0.39, 0.29) is 0 Å². The third-order valence-electron chi connectivity index (χ3n) is 3.40. The van der Waals surface area contributed by atoms with Crippen LogP contribution in [0.3, 0.4) is 0 Å². The zero-order valence-corrected chi connectivity index (χ0v) is 13.4. The maximum Gasteiger partial charge on any atom is 0.409 e. The van der Waals surface area contributed by atoms with Crippen LogP contribution in [0.2, 0.25) is 0 Å². The molecule has 0 aliphatic carbocycles. The largest absolute Gasteiger partial charge is 0.444 e. The average Bonchev–Trinajstić information content (AvgIpc) is 2.59. The Labute approximate surface area is 129 Å². The Hall–Kier alpha value is -2.55. The predicted molar refractivity (Wildman–Crippen MR) is 81.2 cm³/mol. The van der Waals surface area contributed by atoms with Crippen molar-refractivity contribution < 1.29 is 14.3 Å². The summed E-state index contributed by atoms with van der Waals surface area (Å²) in [5.41, 5.74) is -0.503. The van der Waals surface area contributed by atoms with E-state index in [1.165, 1.54) is 4.90 Å². The Morgan fingerprint density at radius 3 is 2.59 bits per heavy atom. The molecule has 0 aromatic heterocycles. The summed E-state index contributed by atoms with van der Waals surface area (Å²) in [6.45, 7) is 7.00. The number of nitrogens with one attached hydrogen (secondary N) is 1. The molecule has 6 heteroatoms. The quantitative estimate of drug-likeness (QED) is 0.862. The van der Waals surface area contributed by atoms with E-state index in [4.69, 9.17) is 4.74 Å². The lowest BCUT2D eigenvalue weighted by atomic mass is 9.92. The van der Waals surface area contributed by atoms with Crippen LogP contribution in [0.15, 0.2) is 18.2 Å². The molecule has 22 heavy (non-hydrogen) atoms. The maximum atomic E-state index is 12.6. The van der Waals surface area contributed by atoms with Crippen LogP contribution in [-0.2, 0) is 15.1 Å². The number of carbonyl (C=O) groups excluding carboxylic acids is 2. The molecule has 6 nitrogen and oxygen atoms in total. The second kappa shape index (κ2) is 5.02. The maximum absolute atomic E-state index is 12.6. The van der Waals surface area contributed by atoms with Gasteiger partial charge in [0.1, 0.15) is 11.7 Å². The van der Waals surface area contributed by atoms with Crippen LogP contribution in [0.4, 0.5) is 10.5 Å². The van der Waals surface area contributed by atoms with Gasteiger partial charge < -0.3 is 9.64 Å². The molecule has 2 rings (SSSR count). The molecule has 1 aromatic carbocycles. The van der Waals surface area contributed by atoms with E-state index in [1.54, 1.807) is 40.0 Å². The first kappa shape index (κ1) is 15.8. The van der Waals surface area contributed by atoms with Gasteiger partial charge in [-0.05, 0) is 39.8 Å². The molecule has 0 fully saturated rings. The zero-order chi connectivity index (χ0) is 16.7. The Morgan fingerprint density at radius 1 is 1.41 bits per heavy atom. The summed E-state index contributed by atoms with van der Waals surface area (Å²) in [6.07, 6.45) is -0.801. The van der Waals surface area contributed by atoms with Crippen molar-refractivity contribution in [1.29, 1.82) is 5.26 Å². The highest BCUT2D eigenvalue weighted by atomic mass is 16.6. The predicted octanol–water partition coefficient (Wildman–Crippen LogP) is 2.21. The van der Waals surface area contributed by atoms with E-state index in [2.05, 4.69) is 5.32 Å². The monoisotopic (exact) mass is 301 g/mol. The highest BCUT2D eigenvalue weighted by Crippen LogP contribution is 2.39. The molecule has 2 amide bonds. The lowest BCUT2D eigenvalue weighted by molar-refractivity contribution is -0.122. The Kier molecular flexibility index (Phi) is 3.61. The van der Waals surface area contributed by atoms with Crippen LogP contribution < -0.4 is 10.2 Å². The molecule has 0 unspecified atom stereocenters. The van der Waals surface area contributed by atoms with Crippen molar-refractivity contribution in [2.75, 3.05) is 11.9 Å². The molecule has 0 radical (unpaired) electrons. The number of nitrogens with zero attached hydrogens (tertiary/aromatic N) is 2. The van der Waals surface area contributed by atoms with Crippen LogP contribution in [0, 0.1) is 18.3 Å². The molecule has 0 saturated heterocycles. The molecule has 0 spiro atoms. The van der Waals surface area contributed by atoms with Crippen molar-refractivity contribution in [3.05, 3.63) is 29.3 Å². The van der Waals surface area contributed by atoms with Crippen molar-refractivity contribution in [2.45, 2.75) is 38.8 Å². The molecule has 1 atom stereocenters. The fourth-order valence-electron chi connectivity index (χ4n) is 2.43. The standard InChI is InChI=1S/C16H19N3O3/c1-10-6-7-12-11(8-10)16(9-17,13(20)19(12)5)18-14(21)22-15(2,3)4/h6-8H,1-5H3,(H,18,21)/t16-/m0/s1. The Morgan fingerprint density at radius 2 is 2.05 bits per heavy atom. The van der Waals surface area contributed by atoms with Gasteiger partial charge in [0.15, 0.2) is 0 Å². The molecule has 1 aliphatic heterocycles. The van der Waals surface area contributed by atoms with Crippen molar-refractivity contribution in [3.8, 4) is 6.07 Å². The minimum atomic E-state index is -1.75. The lowest BCUT2D eigenvalue weighted by Crippen LogP contribution is -2.52. The minimum absolute atomic E-state index is 0.466. The summed E-state index contributed by atoms with van der Waals surface area (Å²) in [5, 5.41) is 12.1. The van der Waals surface area contributed by atoms with E-state index in [0.29, 0.717) is 11.3 Å². The fraction of sp³-hybridized carbons (Fsp3) is 0.438. The van der Waals surface area contributed by atoms with Gasteiger partial charge in [0.2, 0.25) is 5.54 Å². The number of benzene rings is 1. The molecular weight excluding hydrogens is 282 g/mol. The van der Waals surface area contributed by atoms with Gasteiger partial charge in [-0.2, -0.15) is 5.26 Å². The van der Waals surface area contributed by atoms with Crippen LogP contribution >= 0.6 is 0 Å². The van der Waals surface area contributed by atoms with Gasteiger partial charge in [-0.15, -0.1) is 0 Å². The molecule has 1 aliphatic rings. The lowest BCUT2D eigenvalue weighted by Gasteiger charge is -2.25. The molecule has 116 valence electrons. The second-order valence-electron chi connectivity index (χ2n) is 6.37. The fourth-order valence-corrected chi connectivity index (χ4v) is 2.43. The zero-order valence-electron chi connectivity index (χ0n) is 13.4. The van der Waals surface area contributed by atoms with Crippen LogP contribution in [0.1, 0.15) is 31.9 Å². The van der Waals surface area contributed by atoms with Crippen molar-refractivity contribution >= 4 is 17.7 Å². The Bertz CT molecular complexity index is 685. The van der Waals surface area contributed by atoms with Gasteiger partial charge >= 0.3 is 6.09 Å². The second-order valence-corrected chi connectivity index (χ2v) is 6.37. The number of hydrogen-bond donors (Lipinski definition) is 1. The number of likely N-dealkylation sites (N-methyl/N-ethyl adjacent to an activating group) is 1. The van der Waals surface area contributed by atoms with E-state index < -0.39 is 23.1 Å². The molecule has 1 N–H and O–H groups in total. The van der Waals surface area contributed by atoms with Gasteiger partial charge in [-0.1, -0.05) is 11.6 Å². The number of amides is 2. The number of aryl methyl sites for hydroxylation is 1. The van der Waals surface area contributed by atoms with Crippen LogP contribution in [0.25, 0.3) is 0 Å². The molecule has 0 saturated carbocycles. The highest BCUT2D eigenvalue weighted by Gasteiger charge is 2.52. The number of carbonyl (C=O) groups is 2. The van der Waals surface area contributed by atoms with E-state index in [9.17, 15) is 14.9 Å². The van der Waals surface area contributed by atoms with Crippen LogP contribution in [-0.4, -0.2) is 24.6 Å². The van der Waals surface area contributed by atoms with Gasteiger partial charge in [-0.3, -0.25) is 10.1 Å². The number of nitriles is 1. The highest BCUT2D eigenvalue weighted by molar-refractivity contribution is 6.10. The summed E-state index contributed by atoms with van der Waals surface area (Å²) in [5.74, 6) is -0.499. The number of anilines is 1. The first-order chi connectivity index (χ1) is 10.1. The molecular formula is C16H19N3O3. The summed E-state index contributed by atoms with van der Waals surface area (Å²) in [4.78, 5) is 26.0.